The highest BCUT2D eigenvalue weighted by molar-refractivity contribution is 8.26. The van der Waals surface area contributed by atoms with Gasteiger partial charge in [-0.15, -0.1) is 6.58 Å². The minimum atomic E-state index is -0.296. The van der Waals surface area contributed by atoms with Crippen molar-refractivity contribution in [2.24, 2.45) is 0 Å². The maximum atomic E-state index is 13.2. The van der Waals surface area contributed by atoms with Gasteiger partial charge in [0, 0.05) is 51.4 Å². The summed E-state index contributed by atoms with van der Waals surface area (Å²) in [6.45, 7) is 12.2. The van der Waals surface area contributed by atoms with Crippen LogP contribution in [0.2, 0.25) is 0 Å². The Morgan fingerprint density at radius 3 is 2.47 bits per heavy atom. The van der Waals surface area contributed by atoms with Crippen LogP contribution in [0.1, 0.15) is 29.2 Å². The second-order valence-electron chi connectivity index (χ2n) is 8.73. The molecule has 0 unspecified atom stereocenters. The summed E-state index contributed by atoms with van der Waals surface area (Å²) >= 11 is 6.65. The molecule has 36 heavy (non-hydrogen) atoms. The first-order valence-electron chi connectivity index (χ1n) is 11.9. The number of nitriles is 1. The predicted molar refractivity (Wildman–Crippen MR) is 150 cm³/mol. The number of anilines is 1. The lowest BCUT2D eigenvalue weighted by atomic mass is 10.0. The molecule has 7 nitrogen and oxygen atoms in total. The standard InChI is InChI=1S/C27H29N5O2S2/c1-4-11-32-26(34)23(36-27(32)35)16-21-19(3)22(17-28)25(33)31(5-2)24(21)30-14-12-29(13-15-30)18-20-9-7-6-8-10-20/h4,6-10,16H,1,5,11-15,18H2,2-3H3/b23-16-. The summed E-state index contributed by atoms with van der Waals surface area (Å²) in [6, 6.07) is 12.5. The SMILES string of the molecule is C=CCN1C(=O)/C(=C/c2c(C)c(C#N)c(=O)n(CC)c2N2CCN(Cc3ccccc3)CC2)SC1=S. The number of amides is 1. The maximum Gasteiger partial charge on any atom is 0.270 e. The van der Waals surface area contributed by atoms with E-state index in [1.54, 1.807) is 23.6 Å². The van der Waals surface area contributed by atoms with Gasteiger partial charge in [0.1, 0.15) is 21.8 Å². The fourth-order valence-electron chi connectivity index (χ4n) is 4.66. The number of thiocarbonyl (C=S) groups is 1. The summed E-state index contributed by atoms with van der Waals surface area (Å²) in [6.07, 6.45) is 3.44. The zero-order chi connectivity index (χ0) is 25.8. The van der Waals surface area contributed by atoms with Gasteiger partial charge in [0.15, 0.2) is 0 Å². The van der Waals surface area contributed by atoms with Gasteiger partial charge in [-0.25, -0.2) is 0 Å². The van der Waals surface area contributed by atoms with Gasteiger partial charge in [0.2, 0.25) is 0 Å². The van der Waals surface area contributed by atoms with E-state index >= 15 is 0 Å². The zero-order valence-electron chi connectivity index (χ0n) is 20.6. The number of benzene rings is 1. The minimum absolute atomic E-state index is 0.108. The molecule has 0 N–H and O–H groups in total. The van der Waals surface area contributed by atoms with Crippen LogP contribution in [0.15, 0.2) is 52.7 Å². The quantitative estimate of drug-likeness (QED) is 0.313. The van der Waals surface area contributed by atoms with Crippen molar-refractivity contribution in [1.82, 2.24) is 14.4 Å². The number of pyridine rings is 1. The molecular formula is C27H29N5O2S2. The van der Waals surface area contributed by atoms with E-state index in [-0.39, 0.29) is 17.0 Å². The Labute approximate surface area is 221 Å². The summed E-state index contributed by atoms with van der Waals surface area (Å²) in [5.41, 5.74) is 2.39. The van der Waals surface area contributed by atoms with E-state index in [0.717, 1.165) is 44.1 Å². The number of aromatic nitrogens is 1. The summed E-state index contributed by atoms with van der Waals surface area (Å²) in [5.74, 6) is 0.572. The summed E-state index contributed by atoms with van der Waals surface area (Å²) in [7, 11) is 0. The van der Waals surface area contributed by atoms with Gasteiger partial charge in [0.05, 0.1) is 4.91 Å². The van der Waals surface area contributed by atoms with Crippen LogP contribution >= 0.6 is 24.0 Å². The van der Waals surface area contributed by atoms with Crippen LogP contribution in [-0.4, -0.2) is 57.3 Å². The Balaban J connectivity index is 1.72. The lowest BCUT2D eigenvalue weighted by Crippen LogP contribution is -2.48. The highest BCUT2D eigenvalue weighted by atomic mass is 32.2. The van der Waals surface area contributed by atoms with E-state index in [1.165, 1.54) is 22.2 Å². The molecule has 2 aliphatic heterocycles. The Hall–Kier alpha value is -3.19. The summed E-state index contributed by atoms with van der Waals surface area (Å²) in [5, 5.41) is 9.77. The van der Waals surface area contributed by atoms with E-state index in [1.807, 2.05) is 13.0 Å². The van der Waals surface area contributed by atoms with Crippen molar-refractivity contribution in [2.75, 3.05) is 37.6 Å². The van der Waals surface area contributed by atoms with Crippen molar-refractivity contribution in [1.29, 1.82) is 5.26 Å². The molecule has 3 heterocycles. The van der Waals surface area contributed by atoms with E-state index in [9.17, 15) is 14.9 Å². The number of rotatable bonds is 7. The van der Waals surface area contributed by atoms with Crippen molar-refractivity contribution < 1.29 is 4.79 Å². The number of carbonyl (C=O) groups is 1. The number of hydrogen-bond donors (Lipinski definition) is 0. The summed E-state index contributed by atoms with van der Waals surface area (Å²) < 4.78 is 2.14. The smallest absolute Gasteiger partial charge is 0.270 e. The molecule has 1 aromatic carbocycles. The average Bonchev–Trinajstić information content (AvgIpc) is 3.14. The topological polar surface area (TPSA) is 72.6 Å². The maximum absolute atomic E-state index is 13.2. The molecule has 2 aliphatic rings. The number of hydrogen-bond acceptors (Lipinski definition) is 7. The van der Waals surface area contributed by atoms with E-state index in [2.05, 4.69) is 46.7 Å². The first-order valence-corrected chi connectivity index (χ1v) is 13.2. The molecule has 0 atom stereocenters. The monoisotopic (exact) mass is 519 g/mol. The van der Waals surface area contributed by atoms with Crippen LogP contribution < -0.4 is 10.5 Å². The van der Waals surface area contributed by atoms with Crippen LogP contribution in [-0.2, 0) is 17.9 Å². The molecule has 0 aliphatic carbocycles. The molecule has 2 saturated heterocycles. The molecule has 0 bridgehead atoms. The molecule has 9 heteroatoms. The van der Waals surface area contributed by atoms with Gasteiger partial charge in [-0.05, 0) is 31.1 Å². The van der Waals surface area contributed by atoms with E-state index < -0.39 is 0 Å². The van der Waals surface area contributed by atoms with Crippen molar-refractivity contribution in [3.05, 3.63) is 80.5 Å². The number of nitrogens with zero attached hydrogens (tertiary/aromatic N) is 5. The molecule has 4 rings (SSSR count). The molecule has 2 aromatic rings. The van der Waals surface area contributed by atoms with Gasteiger partial charge in [0.25, 0.3) is 11.5 Å². The second-order valence-corrected chi connectivity index (χ2v) is 10.4. The Morgan fingerprint density at radius 2 is 1.86 bits per heavy atom. The van der Waals surface area contributed by atoms with Gasteiger partial charge >= 0.3 is 0 Å². The van der Waals surface area contributed by atoms with Gasteiger partial charge in [-0.2, -0.15) is 5.26 Å². The van der Waals surface area contributed by atoms with Crippen LogP contribution in [0.5, 0.6) is 0 Å². The predicted octanol–water partition coefficient (Wildman–Crippen LogP) is 3.76. The van der Waals surface area contributed by atoms with Crippen LogP contribution in [0.3, 0.4) is 0 Å². The average molecular weight is 520 g/mol. The zero-order valence-corrected chi connectivity index (χ0v) is 22.2. The molecule has 0 saturated carbocycles. The van der Waals surface area contributed by atoms with Gasteiger partial charge in [-0.1, -0.05) is 60.4 Å². The van der Waals surface area contributed by atoms with E-state index in [4.69, 9.17) is 12.2 Å². The first kappa shape index (κ1) is 25.9. The van der Waals surface area contributed by atoms with Crippen molar-refractivity contribution in [3.8, 4) is 6.07 Å². The largest absolute Gasteiger partial charge is 0.355 e. The third-order valence-corrected chi connectivity index (χ3v) is 7.92. The first-order chi connectivity index (χ1) is 17.4. The van der Waals surface area contributed by atoms with Crippen LogP contribution in [0, 0.1) is 18.3 Å². The Morgan fingerprint density at radius 1 is 1.17 bits per heavy atom. The number of thioether (sulfide) groups is 1. The Kier molecular flexibility index (Phi) is 8.09. The molecule has 0 radical (unpaired) electrons. The van der Waals surface area contributed by atoms with E-state index in [0.29, 0.717) is 27.9 Å². The van der Waals surface area contributed by atoms with Crippen molar-refractivity contribution >= 4 is 46.1 Å². The second kappa shape index (κ2) is 11.2. The molecule has 186 valence electrons. The summed E-state index contributed by atoms with van der Waals surface area (Å²) in [4.78, 5) is 32.9. The highest BCUT2D eigenvalue weighted by Crippen LogP contribution is 2.36. The van der Waals surface area contributed by atoms with Gasteiger partial charge in [-0.3, -0.25) is 24.0 Å². The molecule has 0 spiro atoms. The lowest BCUT2D eigenvalue weighted by Gasteiger charge is -2.38. The normalized spacial score (nSPS) is 17.6. The minimum Gasteiger partial charge on any atom is -0.355 e. The third-order valence-electron chi connectivity index (χ3n) is 6.54. The lowest BCUT2D eigenvalue weighted by molar-refractivity contribution is -0.121. The number of carbonyl (C=O) groups excluding carboxylic acids is 1. The van der Waals surface area contributed by atoms with Crippen LogP contribution in [0.25, 0.3) is 6.08 Å². The third kappa shape index (κ3) is 5.03. The van der Waals surface area contributed by atoms with Gasteiger partial charge < -0.3 is 4.90 Å². The molecule has 1 aromatic heterocycles. The highest BCUT2D eigenvalue weighted by Gasteiger charge is 2.33. The molecule has 1 amide bonds. The number of piperazine rings is 1. The Bertz CT molecular complexity index is 1320. The molecular weight excluding hydrogens is 490 g/mol. The fraction of sp³-hybridized carbons (Fsp3) is 0.333. The van der Waals surface area contributed by atoms with Crippen molar-refractivity contribution in [2.45, 2.75) is 26.9 Å². The fourth-order valence-corrected chi connectivity index (χ4v) is 5.91. The van der Waals surface area contributed by atoms with Crippen molar-refractivity contribution in [3.63, 3.8) is 0 Å². The van der Waals surface area contributed by atoms with Crippen LogP contribution in [0.4, 0.5) is 5.82 Å². The molecule has 2 fully saturated rings.